The molecule has 1 heterocycles. The maximum atomic E-state index is 5.73. The molecule has 1 N–H and O–H groups in total. The summed E-state index contributed by atoms with van der Waals surface area (Å²) in [7, 11) is 7.23. The molecule has 2 unspecified atom stereocenters. The second-order valence-electron chi connectivity index (χ2n) is 2.90. The topological polar surface area (TPSA) is 24.5 Å². The lowest BCUT2D eigenvalue weighted by molar-refractivity contribution is -0.120. The van der Waals surface area contributed by atoms with Gasteiger partial charge in [0.1, 0.15) is 0 Å². The van der Waals surface area contributed by atoms with Gasteiger partial charge in [0.15, 0.2) is 0 Å². The molecule has 0 aromatic rings. The number of nitrogens with one attached hydrogen (secondary N) is 1. The van der Waals surface area contributed by atoms with Crippen molar-refractivity contribution in [2.45, 2.75) is 32.8 Å². The second kappa shape index (κ2) is 9.40. The van der Waals surface area contributed by atoms with E-state index < -0.39 is 0 Å². The number of hydroxylamine groups is 1. The summed E-state index contributed by atoms with van der Waals surface area (Å²) >= 11 is 0. The Balaban J connectivity index is 0.000000791. The molecule has 1 aliphatic rings. The molecule has 0 spiro atoms. The summed E-state index contributed by atoms with van der Waals surface area (Å²) in [6.07, 6.45) is 2.67. The fourth-order valence-electron chi connectivity index (χ4n) is 1.17. The minimum Gasteiger partial charge on any atom is -0.317 e. The van der Waals surface area contributed by atoms with Gasteiger partial charge in [-0.1, -0.05) is 31.7 Å². The summed E-state index contributed by atoms with van der Waals surface area (Å²) in [6, 6.07) is 0. The number of nitrogens with zero attached hydrogens (tertiary/aromatic N) is 1. The molecule has 14 heavy (non-hydrogen) atoms. The fourth-order valence-corrected chi connectivity index (χ4v) is 1.74. The van der Waals surface area contributed by atoms with Crippen molar-refractivity contribution in [1.29, 1.82) is 0 Å². The summed E-state index contributed by atoms with van der Waals surface area (Å²) in [5, 5.41) is 3.31. The van der Waals surface area contributed by atoms with Gasteiger partial charge in [-0.3, -0.25) is 4.84 Å². The molecule has 0 saturated carbocycles. The zero-order valence-corrected chi connectivity index (χ0v) is 12.6. The highest BCUT2D eigenvalue weighted by Crippen LogP contribution is 2.55. The summed E-state index contributed by atoms with van der Waals surface area (Å²) in [5.74, 6) is 0. The van der Waals surface area contributed by atoms with Gasteiger partial charge in [-0.05, 0) is 25.9 Å². The van der Waals surface area contributed by atoms with Gasteiger partial charge in [-0.15, -0.1) is 0 Å². The Kier molecular flexibility index (Phi) is 10.2. The van der Waals surface area contributed by atoms with Gasteiger partial charge >= 0.3 is 0 Å². The van der Waals surface area contributed by atoms with Gasteiger partial charge in [-0.25, -0.2) is 0 Å². The standard InChI is InChI=1S/C6H17N2OP3.C2H6/c1-8(12(10)11)9-6-2-4-7-5-3-6;1-2/h6-7H,2-5,10-11H2,1H3;1-2H3. The van der Waals surface area contributed by atoms with Crippen molar-refractivity contribution >= 4 is 25.3 Å². The monoisotopic (exact) mass is 256 g/mol. The molecule has 0 bridgehead atoms. The van der Waals surface area contributed by atoms with E-state index >= 15 is 0 Å². The fraction of sp³-hybridized carbons (Fsp3) is 1.00. The van der Waals surface area contributed by atoms with Crippen LogP contribution in [-0.4, -0.2) is 31.1 Å². The van der Waals surface area contributed by atoms with Crippen molar-refractivity contribution in [3.8, 4) is 0 Å². The van der Waals surface area contributed by atoms with Crippen LogP contribution >= 0.6 is 25.3 Å². The zero-order valence-electron chi connectivity index (χ0n) is 9.36. The van der Waals surface area contributed by atoms with Crippen LogP contribution in [0, 0.1) is 0 Å². The average molecular weight is 256 g/mol. The van der Waals surface area contributed by atoms with E-state index in [9.17, 15) is 0 Å². The van der Waals surface area contributed by atoms with Crippen LogP contribution in [0.4, 0.5) is 0 Å². The molecule has 1 aliphatic heterocycles. The Hall–Kier alpha value is 1.17. The van der Waals surface area contributed by atoms with E-state index in [4.69, 9.17) is 4.84 Å². The van der Waals surface area contributed by atoms with Gasteiger partial charge in [0.25, 0.3) is 0 Å². The Morgan fingerprint density at radius 3 is 2.21 bits per heavy atom. The Labute approximate surface area is 93.7 Å². The van der Waals surface area contributed by atoms with Gasteiger partial charge in [-0.2, -0.15) is 4.83 Å². The van der Waals surface area contributed by atoms with Crippen LogP contribution in [0.25, 0.3) is 0 Å². The molecule has 0 radical (unpaired) electrons. The normalized spacial score (nSPS) is 18.2. The first kappa shape index (κ1) is 15.2. The van der Waals surface area contributed by atoms with Crippen molar-refractivity contribution in [2.75, 3.05) is 20.1 Å². The minimum atomic E-state index is -0.263. The van der Waals surface area contributed by atoms with E-state index in [2.05, 4.69) is 23.2 Å². The number of rotatable bonds is 3. The van der Waals surface area contributed by atoms with Crippen molar-refractivity contribution in [2.24, 2.45) is 0 Å². The molecule has 1 rings (SSSR count). The molecule has 2 atom stereocenters. The first-order valence-electron chi connectivity index (χ1n) is 5.11. The molecule has 6 heteroatoms. The smallest absolute Gasteiger partial charge is 0.0821 e. The predicted octanol–water partition coefficient (Wildman–Crippen LogP) is 2.61. The lowest BCUT2D eigenvalue weighted by atomic mass is 10.1. The third-order valence-corrected chi connectivity index (χ3v) is 4.61. The average Bonchev–Trinajstić information content (AvgIpc) is 2.22. The lowest BCUT2D eigenvalue weighted by Crippen LogP contribution is -2.34. The molecule has 86 valence electrons. The molecule has 0 aromatic heterocycles. The lowest BCUT2D eigenvalue weighted by Gasteiger charge is -2.29. The first-order valence-corrected chi connectivity index (χ1v) is 9.64. The van der Waals surface area contributed by atoms with Crippen molar-refractivity contribution in [1.82, 2.24) is 10.2 Å². The van der Waals surface area contributed by atoms with Gasteiger partial charge in [0, 0.05) is 14.5 Å². The third kappa shape index (κ3) is 6.62. The van der Waals surface area contributed by atoms with Crippen LogP contribution in [-0.2, 0) is 4.84 Å². The van der Waals surface area contributed by atoms with Gasteiger partial charge in [0.05, 0.1) is 6.10 Å². The number of hydrogen-bond acceptors (Lipinski definition) is 3. The van der Waals surface area contributed by atoms with E-state index in [1.165, 1.54) is 0 Å². The Morgan fingerprint density at radius 1 is 1.29 bits per heavy atom. The number of piperidine rings is 1. The van der Waals surface area contributed by atoms with Crippen molar-refractivity contribution in [3.05, 3.63) is 0 Å². The summed E-state index contributed by atoms with van der Waals surface area (Å²) in [6.45, 7) is 6.17. The van der Waals surface area contributed by atoms with Crippen LogP contribution in [0.15, 0.2) is 0 Å². The van der Waals surface area contributed by atoms with Crippen molar-refractivity contribution < 1.29 is 4.84 Å². The molecular formula is C8H23N2OP3. The largest absolute Gasteiger partial charge is 0.317 e. The van der Waals surface area contributed by atoms with E-state index in [0.29, 0.717) is 6.10 Å². The van der Waals surface area contributed by atoms with E-state index in [1.807, 2.05) is 25.7 Å². The molecular weight excluding hydrogens is 233 g/mol. The molecule has 3 nitrogen and oxygen atoms in total. The molecule has 0 amide bonds. The predicted molar refractivity (Wildman–Crippen MR) is 72.4 cm³/mol. The van der Waals surface area contributed by atoms with E-state index in [1.54, 1.807) is 0 Å². The SMILES string of the molecule is CC.CN(OC1CCNCC1)P(P)P. The quantitative estimate of drug-likeness (QED) is 0.620. The molecule has 1 saturated heterocycles. The highest BCUT2D eigenvalue weighted by Gasteiger charge is 2.16. The maximum Gasteiger partial charge on any atom is 0.0821 e. The third-order valence-electron chi connectivity index (χ3n) is 1.91. The van der Waals surface area contributed by atoms with Gasteiger partial charge in [0.2, 0.25) is 0 Å². The molecule has 0 aromatic carbocycles. The summed E-state index contributed by atoms with van der Waals surface area (Å²) < 4.78 is 0. The Bertz CT molecular complexity index is 132. The summed E-state index contributed by atoms with van der Waals surface area (Å²) in [5.41, 5.74) is 0. The van der Waals surface area contributed by atoms with Crippen molar-refractivity contribution in [3.63, 3.8) is 0 Å². The van der Waals surface area contributed by atoms with Gasteiger partial charge < -0.3 is 5.32 Å². The van der Waals surface area contributed by atoms with E-state index in [0.717, 1.165) is 25.9 Å². The molecule has 0 aliphatic carbocycles. The van der Waals surface area contributed by atoms with E-state index in [-0.39, 0.29) is 7.45 Å². The highest BCUT2D eigenvalue weighted by atomic mass is 32.4. The Morgan fingerprint density at radius 2 is 1.79 bits per heavy atom. The minimum absolute atomic E-state index is 0.263. The summed E-state index contributed by atoms with van der Waals surface area (Å²) in [4.78, 5) is 7.68. The van der Waals surface area contributed by atoms with Crippen LogP contribution in [0.5, 0.6) is 0 Å². The van der Waals surface area contributed by atoms with Crippen LogP contribution in [0.3, 0.4) is 0 Å². The van der Waals surface area contributed by atoms with Crippen LogP contribution in [0.2, 0.25) is 0 Å². The first-order chi connectivity index (χ1) is 6.70. The second-order valence-corrected chi connectivity index (χ2v) is 9.19. The number of hydrogen-bond donors (Lipinski definition) is 1. The maximum absolute atomic E-state index is 5.73. The molecule has 1 fully saturated rings. The van der Waals surface area contributed by atoms with Crippen LogP contribution in [0.1, 0.15) is 26.7 Å². The van der Waals surface area contributed by atoms with Crippen LogP contribution < -0.4 is 5.32 Å². The zero-order chi connectivity index (χ0) is 11.0. The highest BCUT2D eigenvalue weighted by molar-refractivity contribution is 8.42.